The highest BCUT2D eigenvalue weighted by molar-refractivity contribution is 7.22. The number of aromatic nitrogens is 1. The van der Waals surface area contributed by atoms with E-state index in [9.17, 15) is 14.7 Å². The highest BCUT2D eigenvalue weighted by Gasteiger charge is 2.48. The Bertz CT molecular complexity index is 1520. The highest BCUT2D eigenvalue weighted by atomic mass is 32.1. The van der Waals surface area contributed by atoms with E-state index in [1.54, 1.807) is 25.3 Å². The third-order valence-electron chi connectivity index (χ3n) is 6.25. The molecule has 0 radical (unpaired) electrons. The van der Waals surface area contributed by atoms with Crippen molar-refractivity contribution in [2.24, 2.45) is 0 Å². The van der Waals surface area contributed by atoms with Crippen LogP contribution in [0.3, 0.4) is 0 Å². The fraction of sp³-hybridized carbons (Fsp3) is 0.179. The summed E-state index contributed by atoms with van der Waals surface area (Å²) < 4.78 is 6.26. The molecule has 1 aromatic heterocycles. The maximum atomic E-state index is 13.4. The molecular formula is C28H24N2O4S. The summed E-state index contributed by atoms with van der Waals surface area (Å²) in [5.74, 6) is -1.00. The molecule has 7 heteroatoms. The van der Waals surface area contributed by atoms with E-state index in [2.05, 4.69) is 0 Å². The number of thiazole rings is 1. The molecule has 0 spiro atoms. The van der Waals surface area contributed by atoms with Crippen LogP contribution in [-0.2, 0) is 9.59 Å². The second kappa shape index (κ2) is 8.67. The lowest BCUT2D eigenvalue weighted by Crippen LogP contribution is -2.29. The van der Waals surface area contributed by atoms with E-state index in [1.807, 2.05) is 63.2 Å². The normalized spacial score (nSPS) is 17.4. The summed E-state index contributed by atoms with van der Waals surface area (Å²) in [6.45, 7) is 5.85. The van der Waals surface area contributed by atoms with Gasteiger partial charge in [0.05, 0.1) is 28.9 Å². The van der Waals surface area contributed by atoms with Gasteiger partial charge in [0.1, 0.15) is 11.5 Å². The SMILES string of the molecule is COc1ccc(/C(O)=C2\C(=O)C(=O)N(c3nc4c(C)cc(C)cc4s3)[C@@H]2c2ccccc2)cc1C. The number of carbonyl (C=O) groups excluding carboxylic acids is 2. The Labute approximate surface area is 207 Å². The maximum Gasteiger partial charge on any atom is 0.301 e. The summed E-state index contributed by atoms with van der Waals surface area (Å²) in [5, 5.41) is 11.8. The molecule has 1 saturated heterocycles. The van der Waals surface area contributed by atoms with Crippen molar-refractivity contribution in [1.82, 2.24) is 4.98 Å². The molecule has 4 aromatic rings. The lowest BCUT2D eigenvalue weighted by atomic mass is 9.95. The number of nitrogens with zero attached hydrogens (tertiary/aromatic N) is 2. The molecule has 35 heavy (non-hydrogen) atoms. The number of amides is 1. The Balaban J connectivity index is 1.72. The summed E-state index contributed by atoms with van der Waals surface area (Å²) >= 11 is 1.37. The molecular weight excluding hydrogens is 460 g/mol. The second-order valence-electron chi connectivity index (χ2n) is 8.69. The van der Waals surface area contributed by atoms with Gasteiger partial charge in [0.15, 0.2) is 5.13 Å². The van der Waals surface area contributed by atoms with Crippen LogP contribution in [0.5, 0.6) is 5.75 Å². The Morgan fingerprint density at radius 2 is 1.74 bits per heavy atom. The van der Waals surface area contributed by atoms with Crippen molar-refractivity contribution in [3.63, 3.8) is 0 Å². The minimum absolute atomic E-state index is 0.0397. The van der Waals surface area contributed by atoms with Gasteiger partial charge in [-0.3, -0.25) is 14.5 Å². The summed E-state index contributed by atoms with van der Waals surface area (Å²) in [6, 6.07) is 17.7. The number of Topliss-reactive ketones (excluding diaryl/α,β-unsaturated/α-hetero) is 1. The number of fused-ring (bicyclic) bond motifs is 1. The summed E-state index contributed by atoms with van der Waals surface area (Å²) in [7, 11) is 1.57. The Morgan fingerprint density at radius 1 is 1.00 bits per heavy atom. The molecule has 1 fully saturated rings. The third kappa shape index (κ3) is 3.78. The van der Waals surface area contributed by atoms with Crippen LogP contribution in [0, 0.1) is 20.8 Å². The average Bonchev–Trinajstić information content (AvgIpc) is 3.38. The molecule has 176 valence electrons. The van der Waals surface area contributed by atoms with Gasteiger partial charge < -0.3 is 9.84 Å². The van der Waals surface area contributed by atoms with Crippen LogP contribution in [0.4, 0.5) is 5.13 Å². The number of ketones is 1. The summed E-state index contributed by atoms with van der Waals surface area (Å²) in [5.41, 5.74) is 4.90. The lowest BCUT2D eigenvalue weighted by molar-refractivity contribution is -0.132. The fourth-order valence-electron chi connectivity index (χ4n) is 4.62. The zero-order valence-electron chi connectivity index (χ0n) is 19.8. The van der Waals surface area contributed by atoms with E-state index in [1.165, 1.54) is 16.2 Å². The van der Waals surface area contributed by atoms with Crippen molar-refractivity contribution in [3.8, 4) is 5.75 Å². The van der Waals surface area contributed by atoms with Crippen LogP contribution in [-0.4, -0.2) is 28.9 Å². The topological polar surface area (TPSA) is 79.7 Å². The predicted molar refractivity (Wildman–Crippen MR) is 138 cm³/mol. The minimum atomic E-state index is -0.805. The van der Waals surface area contributed by atoms with Gasteiger partial charge in [0, 0.05) is 5.56 Å². The Morgan fingerprint density at radius 3 is 2.43 bits per heavy atom. The monoisotopic (exact) mass is 484 g/mol. The number of anilines is 1. The number of hydrogen-bond acceptors (Lipinski definition) is 6. The van der Waals surface area contributed by atoms with Crippen LogP contribution in [0.15, 0.2) is 66.2 Å². The average molecular weight is 485 g/mol. The largest absolute Gasteiger partial charge is 0.507 e. The molecule has 1 N–H and O–H groups in total. The van der Waals surface area contributed by atoms with Crippen LogP contribution in [0.2, 0.25) is 0 Å². The molecule has 0 saturated carbocycles. The predicted octanol–water partition coefficient (Wildman–Crippen LogP) is 5.86. The molecule has 1 amide bonds. The van der Waals surface area contributed by atoms with E-state index in [-0.39, 0.29) is 11.3 Å². The number of aliphatic hydroxyl groups is 1. The first kappa shape index (κ1) is 22.8. The quantitative estimate of drug-likeness (QED) is 0.223. The van der Waals surface area contributed by atoms with Crippen molar-refractivity contribution < 1.29 is 19.4 Å². The zero-order valence-corrected chi connectivity index (χ0v) is 20.6. The molecule has 1 aliphatic rings. The number of rotatable bonds is 4. The molecule has 1 atom stereocenters. The Hall–Kier alpha value is -3.97. The van der Waals surface area contributed by atoms with Gasteiger partial charge >= 0.3 is 5.91 Å². The van der Waals surface area contributed by atoms with Gasteiger partial charge in [-0.25, -0.2) is 4.98 Å². The number of aliphatic hydroxyl groups excluding tert-OH is 1. The summed E-state index contributed by atoms with van der Waals surface area (Å²) in [4.78, 5) is 33.0. The molecule has 2 heterocycles. The standard InChI is InChI=1S/C28H24N2O4S/c1-15-12-17(3)23-21(13-15)35-28(29-23)30-24(18-8-6-5-7-9-18)22(26(32)27(30)33)25(31)19-10-11-20(34-4)16(2)14-19/h5-14,24,31H,1-4H3/b25-22+/t24-/m1/s1. The van der Waals surface area contributed by atoms with Crippen LogP contribution < -0.4 is 9.64 Å². The van der Waals surface area contributed by atoms with Crippen LogP contribution in [0.25, 0.3) is 16.0 Å². The number of hydrogen-bond donors (Lipinski definition) is 1. The van der Waals surface area contributed by atoms with Crippen molar-refractivity contribution in [2.75, 3.05) is 12.0 Å². The fourth-order valence-corrected chi connectivity index (χ4v) is 5.79. The van der Waals surface area contributed by atoms with Crippen LogP contribution >= 0.6 is 11.3 Å². The highest BCUT2D eigenvalue weighted by Crippen LogP contribution is 2.44. The number of carbonyl (C=O) groups is 2. The second-order valence-corrected chi connectivity index (χ2v) is 9.70. The maximum absolute atomic E-state index is 13.4. The van der Waals surface area contributed by atoms with Crippen molar-refractivity contribution in [3.05, 3.63) is 94.1 Å². The number of ether oxygens (including phenoxy) is 1. The van der Waals surface area contributed by atoms with Crippen molar-refractivity contribution in [2.45, 2.75) is 26.8 Å². The van der Waals surface area contributed by atoms with E-state index in [4.69, 9.17) is 9.72 Å². The lowest BCUT2D eigenvalue weighted by Gasteiger charge is -2.23. The van der Waals surface area contributed by atoms with Gasteiger partial charge in [-0.05, 0) is 67.3 Å². The van der Waals surface area contributed by atoms with Crippen molar-refractivity contribution >= 4 is 44.1 Å². The third-order valence-corrected chi connectivity index (χ3v) is 7.25. The van der Waals surface area contributed by atoms with E-state index in [0.717, 1.165) is 26.9 Å². The molecule has 6 nitrogen and oxygen atoms in total. The number of methoxy groups -OCH3 is 1. The molecule has 1 aliphatic heterocycles. The first-order valence-corrected chi connectivity index (χ1v) is 12.0. The molecule has 0 unspecified atom stereocenters. The summed E-state index contributed by atoms with van der Waals surface area (Å²) in [6.07, 6.45) is 0. The first-order valence-electron chi connectivity index (χ1n) is 11.2. The number of aryl methyl sites for hydroxylation is 3. The smallest absolute Gasteiger partial charge is 0.301 e. The van der Waals surface area contributed by atoms with Gasteiger partial charge in [-0.2, -0.15) is 0 Å². The minimum Gasteiger partial charge on any atom is -0.507 e. The molecule has 0 bridgehead atoms. The molecule has 0 aliphatic carbocycles. The van der Waals surface area contributed by atoms with Gasteiger partial charge in [-0.15, -0.1) is 0 Å². The van der Waals surface area contributed by atoms with E-state index >= 15 is 0 Å². The van der Waals surface area contributed by atoms with Crippen LogP contribution in [0.1, 0.15) is 33.9 Å². The van der Waals surface area contributed by atoms with E-state index in [0.29, 0.717) is 22.0 Å². The van der Waals surface area contributed by atoms with Crippen molar-refractivity contribution in [1.29, 1.82) is 0 Å². The van der Waals surface area contributed by atoms with E-state index < -0.39 is 17.7 Å². The first-order chi connectivity index (χ1) is 16.8. The number of benzene rings is 3. The molecule has 3 aromatic carbocycles. The Kier molecular flexibility index (Phi) is 5.65. The zero-order chi connectivity index (χ0) is 24.9. The molecule has 5 rings (SSSR count). The van der Waals surface area contributed by atoms with Gasteiger partial charge in [0.2, 0.25) is 0 Å². The van der Waals surface area contributed by atoms with Gasteiger partial charge in [0.25, 0.3) is 5.78 Å². The van der Waals surface area contributed by atoms with Gasteiger partial charge in [-0.1, -0.05) is 47.7 Å².